The van der Waals surface area contributed by atoms with Crippen molar-refractivity contribution < 1.29 is 0 Å². The lowest BCUT2D eigenvalue weighted by atomic mass is 10.1. The van der Waals surface area contributed by atoms with Gasteiger partial charge in [-0.15, -0.1) is 0 Å². The van der Waals surface area contributed by atoms with Gasteiger partial charge in [-0.05, 0) is 31.0 Å². The third-order valence-corrected chi connectivity index (χ3v) is 3.18. The molecule has 4 nitrogen and oxygen atoms in total. The van der Waals surface area contributed by atoms with Crippen LogP contribution in [0.2, 0.25) is 5.02 Å². The van der Waals surface area contributed by atoms with Crippen molar-refractivity contribution in [2.75, 3.05) is 11.1 Å². The Kier molecular flexibility index (Phi) is 3.48. The molecule has 2 aromatic rings. The molecule has 0 atom stereocenters. The van der Waals surface area contributed by atoms with Gasteiger partial charge in [-0.3, -0.25) is 4.68 Å². The zero-order valence-corrected chi connectivity index (χ0v) is 11.5. The Labute approximate surface area is 112 Å². The van der Waals surface area contributed by atoms with Crippen molar-refractivity contribution in [1.82, 2.24) is 9.78 Å². The van der Waals surface area contributed by atoms with Crippen LogP contribution in [0.1, 0.15) is 18.2 Å². The van der Waals surface area contributed by atoms with Crippen molar-refractivity contribution in [1.29, 1.82) is 0 Å². The Bertz CT molecular complexity index is 575. The summed E-state index contributed by atoms with van der Waals surface area (Å²) >= 11 is 6.05. The number of hydrogen-bond donors (Lipinski definition) is 2. The van der Waals surface area contributed by atoms with Crippen molar-refractivity contribution in [3.05, 3.63) is 34.6 Å². The minimum absolute atomic E-state index is 0.560. The van der Waals surface area contributed by atoms with E-state index in [-0.39, 0.29) is 0 Å². The van der Waals surface area contributed by atoms with Gasteiger partial charge in [0.2, 0.25) is 0 Å². The molecular weight excluding hydrogens is 248 g/mol. The number of nitrogens with two attached hydrogens (primary N) is 1. The van der Waals surface area contributed by atoms with Gasteiger partial charge in [-0.1, -0.05) is 18.5 Å². The SMILES string of the molecule is CCc1nn(C)cc1Nc1cc(Cl)c(N)cc1C. The highest BCUT2D eigenvalue weighted by molar-refractivity contribution is 6.33. The van der Waals surface area contributed by atoms with Crippen LogP contribution in [0.3, 0.4) is 0 Å². The van der Waals surface area contributed by atoms with Gasteiger partial charge in [-0.2, -0.15) is 5.10 Å². The summed E-state index contributed by atoms with van der Waals surface area (Å²) in [4.78, 5) is 0. The van der Waals surface area contributed by atoms with E-state index < -0.39 is 0 Å². The first-order chi connectivity index (χ1) is 8.51. The first-order valence-corrected chi connectivity index (χ1v) is 6.24. The largest absolute Gasteiger partial charge is 0.398 e. The Morgan fingerprint density at radius 2 is 2.11 bits per heavy atom. The average molecular weight is 265 g/mol. The zero-order chi connectivity index (χ0) is 13.3. The van der Waals surface area contributed by atoms with Gasteiger partial charge in [-0.25, -0.2) is 0 Å². The maximum Gasteiger partial charge on any atom is 0.0856 e. The number of nitrogens with one attached hydrogen (secondary N) is 1. The Morgan fingerprint density at radius 3 is 2.78 bits per heavy atom. The van der Waals surface area contributed by atoms with Crippen LogP contribution in [-0.2, 0) is 13.5 Å². The third-order valence-electron chi connectivity index (χ3n) is 2.85. The lowest BCUT2D eigenvalue weighted by Gasteiger charge is -2.11. The van der Waals surface area contributed by atoms with E-state index in [1.165, 1.54) is 0 Å². The molecule has 0 aliphatic heterocycles. The highest BCUT2D eigenvalue weighted by Gasteiger charge is 2.09. The topological polar surface area (TPSA) is 55.9 Å². The molecule has 1 aromatic carbocycles. The fourth-order valence-electron chi connectivity index (χ4n) is 1.88. The monoisotopic (exact) mass is 264 g/mol. The standard InChI is InChI=1S/C13H17ClN4/c1-4-11-13(7-18(3)17-11)16-12-6-9(14)10(15)5-8(12)2/h5-7,16H,4,15H2,1-3H3. The van der Waals surface area contributed by atoms with E-state index >= 15 is 0 Å². The van der Waals surface area contributed by atoms with Crippen molar-refractivity contribution in [2.45, 2.75) is 20.3 Å². The number of halogens is 1. The maximum atomic E-state index is 6.05. The summed E-state index contributed by atoms with van der Waals surface area (Å²) in [6.45, 7) is 4.08. The Balaban J connectivity index is 2.36. The zero-order valence-electron chi connectivity index (χ0n) is 10.8. The molecule has 96 valence electrons. The number of hydrogen-bond acceptors (Lipinski definition) is 3. The number of rotatable bonds is 3. The first-order valence-electron chi connectivity index (χ1n) is 5.86. The van der Waals surface area contributed by atoms with Crippen molar-refractivity contribution >= 4 is 28.7 Å². The van der Waals surface area contributed by atoms with E-state index in [9.17, 15) is 0 Å². The summed E-state index contributed by atoms with van der Waals surface area (Å²) in [6.07, 6.45) is 2.84. The number of aromatic nitrogens is 2. The van der Waals surface area contributed by atoms with Gasteiger partial charge in [0.25, 0.3) is 0 Å². The van der Waals surface area contributed by atoms with Gasteiger partial charge in [0.15, 0.2) is 0 Å². The smallest absolute Gasteiger partial charge is 0.0856 e. The highest BCUT2D eigenvalue weighted by atomic mass is 35.5. The van der Waals surface area contributed by atoms with Gasteiger partial charge in [0, 0.05) is 18.9 Å². The van der Waals surface area contributed by atoms with E-state index in [0.29, 0.717) is 10.7 Å². The van der Waals surface area contributed by atoms with Crippen LogP contribution in [-0.4, -0.2) is 9.78 Å². The number of aryl methyl sites for hydroxylation is 3. The summed E-state index contributed by atoms with van der Waals surface area (Å²) in [5.74, 6) is 0. The fraction of sp³-hybridized carbons (Fsp3) is 0.308. The summed E-state index contributed by atoms with van der Waals surface area (Å²) in [5, 5.41) is 8.31. The molecule has 1 aromatic heterocycles. The van der Waals surface area contributed by atoms with Gasteiger partial charge >= 0.3 is 0 Å². The van der Waals surface area contributed by atoms with E-state index in [1.807, 2.05) is 32.3 Å². The highest BCUT2D eigenvalue weighted by Crippen LogP contribution is 2.29. The second-order valence-electron chi connectivity index (χ2n) is 4.33. The summed E-state index contributed by atoms with van der Waals surface area (Å²) < 4.78 is 1.80. The molecule has 0 aliphatic rings. The molecular formula is C13H17ClN4. The molecule has 0 spiro atoms. The Hall–Kier alpha value is -1.68. The normalized spacial score (nSPS) is 10.7. The lowest BCUT2D eigenvalue weighted by molar-refractivity contribution is 0.746. The minimum Gasteiger partial charge on any atom is -0.398 e. The van der Waals surface area contributed by atoms with Gasteiger partial charge in [0.05, 0.1) is 22.1 Å². The molecule has 1 heterocycles. The van der Waals surface area contributed by atoms with E-state index in [0.717, 1.165) is 29.1 Å². The van der Waals surface area contributed by atoms with Crippen molar-refractivity contribution in [3.8, 4) is 0 Å². The fourth-order valence-corrected chi connectivity index (χ4v) is 2.05. The van der Waals surface area contributed by atoms with Crippen LogP contribution < -0.4 is 11.1 Å². The molecule has 2 rings (SSSR count). The van der Waals surface area contributed by atoms with Crippen molar-refractivity contribution in [2.24, 2.45) is 7.05 Å². The predicted octanol–water partition coefficient (Wildman–Crippen LogP) is 3.27. The first kappa shape index (κ1) is 12.8. The summed E-state index contributed by atoms with van der Waals surface area (Å²) in [7, 11) is 1.91. The predicted molar refractivity (Wildman–Crippen MR) is 76.5 cm³/mol. The van der Waals surface area contributed by atoms with Crippen LogP contribution in [0.5, 0.6) is 0 Å². The summed E-state index contributed by atoms with van der Waals surface area (Å²) in [5.41, 5.74) is 10.4. The number of anilines is 3. The lowest BCUT2D eigenvalue weighted by Crippen LogP contribution is -1.97. The summed E-state index contributed by atoms with van der Waals surface area (Å²) in [6, 6.07) is 3.71. The second kappa shape index (κ2) is 4.90. The molecule has 0 bridgehead atoms. The van der Waals surface area contributed by atoms with E-state index in [1.54, 1.807) is 4.68 Å². The molecule has 0 amide bonds. The maximum absolute atomic E-state index is 6.05. The van der Waals surface area contributed by atoms with Gasteiger partial charge < -0.3 is 11.1 Å². The van der Waals surface area contributed by atoms with E-state index in [2.05, 4.69) is 17.3 Å². The molecule has 0 aliphatic carbocycles. The molecule has 0 unspecified atom stereocenters. The number of nitrogens with zero attached hydrogens (tertiary/aromatic N) is 2. The quantitative estimate of drug-likeness (QED) is 0.837. The van der Waals surface area contributed by atoms with Crippen LogP contribution in [0.25, 0.3) is 0 Å². The molecule has 5 heteroatoms. The van der Waals surface area contributed by atoms with Crippen LogP contribution >= 0.6 is 11.6 Å². The molecule has 0 saturated carbocycles. The van der Waals surface area contributed by atoms with Crippen molar-refractivity contribution in [3.63, 3.8) is 0 Å². The van der Waals surface area contributed by atoms with E-state index in [4.69, 9.17) is 17.3 Å². The number of benzene rings is 1. The minimum atomic E-state index is 0.560. The third kappa shape index (κ3) is 2.43. The second-order valence-corrected chi connectivity index (χ2v) is 4.74. The Morgan fingerprint density at radius 1 is 1.39 bits per heavy atom. The molecule has 3 N–H and O–H groups in total. The number of nitrogen functional groups attached to an aromatic ring is 1. The molecule has 0 saturated heterocycles. The van der Waals surface area contributed by atoms with Gasteiger partial charge in [0.1, 0.15) is 0 Å². The van der Waals surface area contributed by atoms with Crippen LogP contribution in [0.4, 0.5) is 17.1 Å². The molecule has 18 heavy (non-hydrogen) atoms. The van der Waals surface area contributed by atoms with Crippen LogP contribution in [0, 0.1) is 6.92 Å². The average Bonchev–Trinajstić information content (AvgIpc) is 2.66. The molecule has 0 radical (unpaired) electrons. The van der Waals surface area contributed by atoms with Crippen LogP contribution in [0.15, 0.2) is 18.3 Å². The molecule has 0 fully saturated rings.